The molecule has 0 spiro atoms. The van der Waals surface area contributed by atoms with Crippen LogP contribution in [0.5, 0.6) is 5.75 Å². The topological polar surface area (TPSA) is 55.4 Å². The number of nitrogens with one attached hydrogen (secondary N) is 1. The van der Waals surface area contributed by atoms with Gasteiger partial charge in [0, 0.05) is 11.5 Å². The Bertz CT molecular complexity index is 759. The van der Waals surface area contributed by atoms with Crippen LogP contribution in [0.25, 0.3) is 0 Å². The Morgan fingerprint density at radius 2 is 1.74 bits per heavy atom. The van der Waals surface area contributed by atoms with Gasteiger partial charge in [-0.05, 0) is 36.6 Å². The SMILES string of the molecule is CC(=O)[C@@H](Cc1ccccc1)NC(=O)COc1ccc(C2SCCS2)cc1. The van der Waals surface area contributed by atoms with E-state index in [9.17, 15) is 9.59 Å². The fourth-order valence-corrected chi connectivity index (χ4v) is 5.66. The molecule has 1 saturated heterocycles. The van der Waals surface area contributed by atoms with Gasteiger partial charge in [0.2, 0.25) is 0 Å². The molecule has 27 heavy (non-hydrogen) atoms. The zero-order chi connectivity index (χ0) is 19.1. The van der Waals surface area contributed by atoms with Gasteiger partial charge in [-0.2, -0.15) is 0 Å². The quantitative estimate of drug-likeness (QED) is 0.728. The highest BCUT2D eigenvalue weighted by Crippen LogP contribution is 2.45. The Hall–Kier alpha value is -1.92. The molecule has 1 atom stereocenters. The van der Waals surface area contributed by atoms with Crippen LogP contribution in [-0.4, -0.2) is 35.8 Å². The van der Waals surface area contributed by atoms with Crippen LogP contribution >= 0.6 is 23.5 Å². The molecule has 2 aromatic carbocycles. The van der Waals surface area contributed by atoms with Crippen molar-refractivity contribution in [1.29, 1.82) is 0 Å². The van der Waals surface area contributed by atoms with Gasteiger partial charge in [-0.3, -0.25) is 9.59 Å². The number of hydrogen-bond acceptors (Lipinski definition) is 5. The first-order chi connectivity index (χ1) is 13.1. The van der Waals surface area contributed by atoms with Gasteiger partial charge in [-0.1, -0.05) is 42.5 Å². The summed E-state index contributed by atoms with van der Waals surface area (Å²) in [6, 6.07) is 17.0. The molecule has 0 bridgehead atoms. The van der Waals surface area contributed by atoms with E-state index in [4.69, 9.17) is 4.74 Å². The third-order valence-electron chi connectivity index (χ3n) is 4.25. The number of ether oxygens (including phenoxy) is 1. The van der Waals surface area contributed by atoms with E-state index < -0.39 is 6.04 Å². The molecule has 1 N–H and O–H groups in total. The maximum Gasteiger partial charge on any atom is 0.258 e. The van der Waals surface area contributed by atoms with E-state index in [1.165, 1.54) is 24.0 Å². The van der Waals surface area contributed by atoms with Crippen molar-refractivity contribution in [2.75, 3.05) is 18.1 Å². The zero-order valence-corrected chi connectivity index (χ0v) is 16.9. The van der Waals surface area contributed by atoms with Crippen LogP contribution < -0.4 is 10.1 Å². The van der Waals surface area contributed by atoms with Gasteiger partial charge < -0.3 is 10.1 Å². The van der Waals surface area contributed by atoms with Crippen LogP contribution in [0.4, 0.5) is 0 Å². The van der Waals surface area contributed by atoms with Crippen molar-refractivity contribution in [3.8, 4) is 5.75 Å². The summed E-state index contributed by atoms with van der Waals surface area (Å²) in [4.78, 5) is 24.1. The molecule has 3 rings (SSSR count). The summed E-state index contributed by atoms with van der Waals surface area (Å²) in [7, 11) is 0. The van der Waals surface area contributed by atoms with E-state index in [2.05, 4.69) is 17.4 Å². The molecule has 142 valence electrons. The van der Waals surface area contributed by atoms with Crippen LogP contribution in [0.2, 0.25) is 0 Å². The molecule has 2 aromatic rings. The summed E-state index contributed by atoms with van der Waals surface area (Å²) in [5, 5.41) is 2.77. The van der Waals surface area contributed by atoms with Crippen molar-refractivity contribution >= 4 is 35.2 Å². The lowest BCUT2D eigenvalue weighted by molar-refractivity contribution is -0.128. The molecule has 0 aliphatic carbocycles. The molecule has 6 heteroatoms. The molecule has 1 aliphatic heterocycles. The Labute approximate surface area is 168 Å². The number of carbonyl (C=O) groups excluding carboxylic acids is 2. The van der Waals surface area contributed by atoms with Crippen LogP contribution in [0.1, 0.15) is 22.6 Å². The van der Waals surface area contributed by atoms with Gasteiger partial charge in [-0.15, -0.1) is 23.5 Å². The molecule has 1 heterocycles. The average Bonchev–Trinajstić information content (AvgIpc) is 3.22. The minimum atomic E-state index is -0.540. The number of amides is 1. The third kappa shape index (κ3) is 6.04. The van der Waals surface area contributed by atoms with Crippen LogP contribution in [0.15, 0.2) is 54.6 Å². The summed E-state index contributed by atoms with van der Waals surface area (Å²) >= 11 is 3.91. The van der Waals surface area contributed by atoms with Crippen molar-refractivity contribution in [3.63, 3.8) is 0 Å². The second-order valence-corrected chi connectivity index (χ2v) is 9.08. The normalized spacial score (nSPS) is 15.3. The number of benzene rings is 2. The van der Waals surface area contributed by atoms with Crippen molar-refractivity contribution in [2.45, 2.75) is 24.0 Å². The van der Waals surface area contributed by atoms with Crippen molar-refractivity contribution in [1.82, 2.24) is 5.32 Å². The average molecular weight is 402 g/mol. The maximum absolute atomic E-state index is 12.2. The molecule has 0 unspecified atom stereocenters. The van der Waals surface area contributed by atoms with E-state index in [-0.39, 0.29) is 18.3 Å². The number of ketones is 1. The van der Waals surface area contributed by atoms with Gasteiger partial charge in [0.25, 0.3) is 5.91 Å². The second-order valence-electron chi connectivity index (χ2n) is 6.35. The van der Waals surface area contributed by atoms with E-state index in [1.54, 1.807) is 0 Å². The number of Topliss-reactive ketones (excluding diaryl/α,β-unsaturated/α-hetero) is 1. The standard InChI is InChI=1S/C21H23NO3S2/c1-15(23)19(13-16-5-3-2-4-6-16)22-20(24)14-25-18-9-7-17(8-10-18)21-26-11-12-27-21/h2-10,19,21H,11-14H2,1H3,(H,22,24)/t19-/m1/s1. The lowest BCUT2D eigenvalue weighted by Crippen LogP contribution is -2.43. The largest absolute Gasteiger partial charge is 0.484 e. The smallest absolute Gasteiger partial charge is 0.258 e. The summed E-state index contributed by atoms with van der Waals surface area (Å²) in [5.41, 5.74) is 2.29. The third-order valence-corrected chi connectivity index (χ3v) is 7.36. The Morgan fingerprint density at radius 3 is 2.37 bits per heavy atom. The zero-order valence-electron chi connectivity index (χ0n) is 15.2. The monoisotopic (exact) mass is 401 g/mol. The van der Waals surface area contributed by atoms with E-state index in [0.29, 0.717) is 16.8 Å². The van der Waals surface area contributed by atoms with Gasteiger partial charge in [0.05, 0.1) is 10.6 Å². The first-order valence-electron chi connectivity index (χ1n) is 8.91. The fraction of sp³-hybridized carbons (Fsp3) is 0.333. The lowest BCUT2D eigenvalue weighted by atomic mass is 10.0. The van der Waals surface area contributed by atoms with Gasteiger partial charge in [0.15, 0.2) is 12.4 Å². The van der Waals surface area contributed by atoms with Gasteiger partial charge in [-0.25, -0.2) is 0 Å². The van der Waals surface area contributed by atoms with Gasteiger partial charge >= 0.3 is 0 Å². The highest BCUT2D eigenvalue weighted by atomic mass is 32.2. The molecule has 1 amide bonds. The molecule has 4 nitrogen and oxygen atoms in total. The number of carbonyl (C=O) groups is 2. The summed E-state index contributed by atoms with van der Waals surface area (Å²) in [5.74, 6) is 2.67. The first-order valence-corrected chi connectivity index (χ1v) is 11.0. The highest BCUT2D eigenvalue weighted by Gasteiger charge is 2.19. The van der Waals surface area contributed by atoms with Crippen LogP contribution in [0, 0.1) is 0 Å². The van der Waals surface area contributed by atoms with Crippen molar-refractivity contribution in [3.05, 3.63) is 65.7 Å². The van der Waals surface area contributed by atoms with Crippen molar-refractivity contribution < 1.29 is 14.3 Å². The van der Waals surface area contributed by atoms with Crippen LogP contribution in [0.3, 0.4) is 0 Å². The molecule has 0 saturated carbocycles. The molecular formula is C21H23NO3S2. The fourth-order valence-electron chi connectivity index (χ4n) is 2.80. The number of thioether (sulfide) groups is 2. The minimum Gasteiger partial charge on any atom is -0.484 e. The predicted molar refractivity (Wildman–Crippen MR) is 112 cm³/mol. The molecule has 1 aliphatic rings. The summed E-state index contributed by atoms with van der Waals surface area (Å²) in [6.45, 7) is 1.39. The number of hydrogen-bond donors (Lipinski definition) is 1. The van der Waals surface area contributed by atoms with Crippen molar-refractivity contribution in [2.24, 2.45) is 0 Å². The second kappa shape index (κ2) is 9.85. The molecule has 0 aromatic heterocycles. The minimum absolute atomic E-state index is 0.0666. The molecule has 0 radical (unpaired) electrons. The summed E-state index contributed by atoms with van der Waals surface area (Å²) in [6.07, 6.45) is 0.479. The number of rotatable bonds is 8. The molecule has 1 fully saturated rings. The Balaban J connectivity index is 1.49. The predicted octanol–water partition coefficient (Wildman–Crippen LogP) is 3.86. The van der Waals surface area contributed by atoms with E-state index in [0.717, 1.165) is 5.56 Å². The molecular weight excluding hydrogens is 378 g/mol. The Morgan fingerprint density at radius 1 is 1.07 bits per heavy atom. The van der Waals surface area contributed by atoms with Crippen LogP contribution in [-0.2, 0) is 16.0 Å². The Kier molecular flexibility index (Phi) is 7.24. The van der Waals surface area contributed by atoms with E-state index >= 15 is 0 Å². The highest BCUT2D eigenvalue weighted by molar-refractivity contribution is 8.19. The van der Waals surface area contributed by atoms with Gasteiger partial charge in [0.1, 0.15) is 5.75 Å². The first kappa shape index (κ1) is 19.8. The van der Waals surface area contributed by atoms with E-state index in [1.807, 2.05) is 66.0 Å². The summed E-state index contributed by atoms with van der Waals surface area (Å²) < 4.78 is 6.08. The lowest BCUT2D eigenvalue weighted by Gasteiger charge is -2.16. The maximum atomic E-state index is 12.2.